The molecule has 6 nitrogen and oxygen atoms in total. The van der Waals surface area contributed by atoms with Gasteiger partial charge < -0.3 is 19.9 Å². The Hall–Kier alpha value is -2.86. The van der Waals surface area contributed by atoms with Crippen molar-refractivity contribution in [2.75, 3.05) is 13.2 Å². The van der Waals surface area contributed by atoms with E-state index in [1.807, 2.05) is 6.92 Å². The smallest absolute Gasteiger partial charge is 0.331 e. The summed E-state index contributed by atoms with van der Waals surface area (Å²) in [6.45, 7) is 4.30. The first-order chi connectivity index (χ1) is 13.0. The summed E-state index contributed by atoms with van der Waals surface area (Å²) < 4.78 is 10.4. The standard InChI is InChI=1S/C21H25NO5/c1-3-26-17-12-10-15(11-13-17)14-18(23)22-19(21(25)27-4-2)20(24)16-8-6-5-7-9-16/h5-13,19-20,24H,3-4,14H2,1-2H3,(H,22,23). The molecular formula is C21H25NO5. The summed E-state index contributed by atoms with van der Waals surface area (Å²) in [4.78, 5) is 24.7. The molecule has 2 aromatic rings. The highest BCUT2D eigenvalue weighted by Gasteiger charge is 2.30. The number of rotatable bonds is 9. The first-order valence-corrected chi connectivity index (χ1v) is 8.95. The normalized spacial score (nSPS) is 12.7. The van der Waals surface area contributed by atoms with Gasteiger partial charge in [0.15, 0.2) is 6.04 Å². The van der Waals surface area contributed by atoms with Gasteiger partial charge in [0, 0.05) is 0 Å². The lowest BCUT2D eigenvalue weighted by atomic mass is 10.0. The maximum absolute atomic E-state index is 12.4. The Kier molecular flexibility index (Phi) is 7.82. The van der Waals surface area contributed by atoms with Gasteiger partial charge in [-0.3, -0.25) is 4.79 Å². The summed E-state index contributed by atoms with van der Waals surface area (Å²) in [6, 6.07) is 14.7. The maximum atomic E-state index is 12.4. The minimum absolute atomic E-state index is 0.0732. The maximum Gasteiger partial charge on any atom is 0.331 e. The average molecular weight is 371 g/mol. The lowest BCUT2D eigenvalue weighted by Crippen LogP contribution is -2.46. The fraction of sp³-hybridized carbons (Fsp3) is 0.333. The molecule has 2 unspecified atom stereocenters. The zero-order valence-electron chi connectivity index (χ0n) is 15.6. The van der Waals surface area contributed by atoms with Crippen molar-refractivity contribution in [3.05, 3.63) is 65.7 Å². The zero-order valence-corrected chi connectivity index (χ0v) is 15.6. The van der Waals surface area contributed by atoms with E-state index in [0.29, 0.717) is 12.2 Å². The van der Waals surface area contributed by atoms with E-state index in [-0.39, 0.29) is 18.9 Å². The number of benzene rings is 2. The molecule has 0 saturated heterocycles. The zero-order chi connectivity index (χ0) is 19.6. The number of carbonyl (C=O) groups excluding carboxylic acids is 2. The second-order valence-corrected chi connectivity index (χ2v) is 5.91. The number of aliphatic hydroxyl groups excluding tert-OH is 1. The lowest BCUT2D eigenvalue weighted by Gasteiger charge is -2.23. The van der Waals surface area contributed by atoms with Gasteiger partial charge in [-0.05, 0) is 37.1 Å². The van der Waals surface area contributed by atoms with Crippen LogP contribution in [0.1, 0.15) is 31.1 Å². The van der Waals surface area contributed by atoms with E-state index >= 15 is 0 Å². The molecule has 0 aliphatic rings. The number of aliphatic hydroxyl groups is 1. The summed E-state index contributed by atoms with van der Waals surface area (Å²) in [5, 5.41) is 13.1. The average Bonchev–Trinajstić information content (AvgIpc) is 2.68. The molecule has 0 fully saturated rings. The van der Waals surface area contributed by atoms with E-state index in [2.05, 4.69) is 5.32 Å². The van der Waals surface area contributed by atoms with Gasteiger partial charge in [0.25, 0.3) is 0 Å². The summed E-state index contributed by atoms with van der Waals surface area (Å²) in [5.41, 5.74) is 1.30. The summed E-state index contributed by atoms with van der Waals surface area (Å²) in [6.07, 6.45) is -1.13. The molecule has 0 bridgehead atoms. The molecular weight excluding hydrogens is 346 g/mol. The summed E-state index contributed by atoms with van der Waals surface area (Å²) in [7, 11) is 0. The second kappa shape index (κ2) is 10.3. The number of esters is 1. The summed E-state index contributed by atoms with van der Waals surface area (Å²) >= 11 is 0. The van der Waals surface area contributed by atoms with Gasteiger partial charge in [-0.2, -0.15) is 0 Å². The number of hydrogen-bond acceptors (Lipinski definition) is 5. The van der Waals surface area contributed by atoms with Crippen molar-refractivity contribution in [3.63, 3.8) is 0 Å². The number of carbonyl (C=O) groups is 2. The molecule has 6 heteroatoms. The lowest BCUT2D eigenvalue weighted by molar-refractivity contribution is -0.150. The van der Waals surface area contributed by atoms with Crippen LogP contribution in [0.15, 0.2) is 54.6 Å². The minimum Gasteiger partial charge on any atom is -0.494 e. The third kappa shape index (κ3) is 6.11. The molecule has 2 N–H and O–H groups in total. The van der Waals surface area contributed by atoms with Gasteiger partial charge in [0.1, 0.15) is 11.9 Å². The van der Waals surface area contributed by atoms with E-state index in [9.17, 15) is 14.7 Å². The first-order valence-electron chi connectivity index (χ1n) is 8.95. The van der Waals surface area contributed by atoms with E-state index in [4.69, 9.17) is 9.47 Å². The molecule has 2 atom stereocenters. The number of hydrogen-bond donors (Lipinski definition) is 2. The van der Waals surface area contributed by atoms with Crippen LogP contribution in [0.4, 0.5) is 0 Å². The molecule has 0 heterocycles. The molecule has 0 saturated carbocycles. The Labute approximate surface area is 159 Å². The van der Waals surface area contributed by atoms with E-state index < -0.39 is 18.1 Å². The molecule has 27 heavy (non-hydrogen) atoms. The largest absolute Gasteiger partial charge is 0.494 e. The fourth-order valence-corrected chi connectivity index (χ4v) is 2.62. The van der Waals surface area contributed by atoms with Crippen molar-refractivity contribution in [3.8, 4) is 5.75 Å². The van der Waals surface area contributed by atoms with Gasteiger partial charge in [-0.1, -0.05) is 42.5 Å². The Morgan fingerprint density at radius 3 is 2.26 bits per heavy atom. The molecule has 2 aromatic carbocycles. The molecule has 0 aliphatic carbocycles. The van der Waals surface area contributed by atoms with Crippen LogP contribution in [0.5, 0.6) is 5.75 Å². The second-order valence-electron chi connectivity index (χ2n) is 5.91. The predicted molar refractivity (Wildman–Crippen MR) is 101 cm³/mol. The highest BCUT2D eigenvalue weighted by Crippen LogP contribution is 2.18. The molecule has 0 spiro atoms. The van der Waals surface area contributed by atoms with Gasteiger partial charge >= 0.3 is 5.97 Å². The third-order valence-electron chi connectivity index (χ3n) is 3.91. The van der Waals surface area contributed by atoms with Gasteiger partial charge in [-0.25, -0.2) is 4.79 Å². The van der Waals surface area contributed by atoms with Crippen LogP contribution in [0.2, 0.25) is 0 Å². The van der Waals surface area contributed by atoms with E-state index in [0.717, 1.165) is 11.3 Å². The van der Waals surface area contributed by atoms with Crippen molar-refractivity contribution in [1.82, 2.24) is 5.32 Å². The van der Waals surface area contributed by atoms with Crippen LogP contribution in [0.25, 0.3) is 0 Å². The van der Waals surface area contributed by atoms with Crippen molar-refractivity contribution in [2.45, 2.75) is 32.4 Å². The summed E-state index contributed by atoms with van der Waals surface area (Å²) in [5.74, 6) is -0.327. The predicted octanol–water partition coefficient (Wildman–Crippen LogP) is 2.41. The molecule has 2 rings (SSSR count). The van der Waals surface area contributed by atoms with Gasteiger partial charge in [0.05, 0.1) is 19.6 Å². The molecule has 1 amide bonds. The molecule has 0 aliphatic heterocycles. The van der Waals surface area contributed by atoms with Crippen LogP contribution in [0, 0.1) is 0 Å². The number of ether oxygens (including phenoxy) is 2. The molecule has 0 aromatic heterocycles. The monoisotopic (exact) mass is 371 g/mol. The van der Waals surface area contributed by atoms with Crippen LogP contribution >= 0.6 is 0 Å². The SMILES string of the molecule is CCOC(=O)C(NC(=O)Cc1ccc(OCC)cc1)C(O)c1ccccc1. The fourth-order valence-electron chi connectivity index (χ4n) is 2.62. The van der Waals surface area contributed by atoms with Crippen LogP contribution < -0.4 is 10.1 Å². The molecule has 0 radical (unpaired) electrons. The highest BCUT2D eigenvalue weighted by atomic mass is 16.5. The Balaban J connectivity index is 2.07. The van der Waals surface area contributed by atoms with E-state index in [1.54, 1.807) is 61.5 Å². The van der Waals surface area contributed by atoms with Crippen molar-refractivity contribution in [2.24, 2.45) is 0 Å². The highest BCUT2D eigenvalue weighted by molar-refractivity contribution is 5.86. The quantitative estimate of drug-likeness (QED) is 0.661. The van der Waals surface area contributed by atoms with Gasteiger partial charge in [0.2, 0.25) is 5.91 Å². The van der Waals surface area contributed by atoms with Gasteiger partial charge in [-0.15, -0.1) is 0 Å². The van der Waals surface area contributed by atoms with Crippen LogP contribution in [0.3, 0.4) is 0 Å². The van der Waals surface area contributed by atoms with Crippen molar-refractivity contribution >= 4 is 11.9 Å². The van der Waals surface area contributed by atoms with Crippen LogP contribution in [-0.4, -0.2) is 36.2 Å². The number of amides is 1. The Bertz CT molecular complexity index is 730. The first kappa shape index (κ1) is 20.5. The van der Waals surface area contributed by atoms with Crippen molar-refractivity contribution < 1.29 is 24.2 Å². The molecule has 144 valence electrons. The van der Waals surface area contributed by atoms with Crippen LogP contribution in [-0.2, 0) is 20.7 Å². The van der Waals surface area contributed by atoms with Crippen molar-refractivity contribution in [1.29, 1.82) is 0 Å². The Morgan fingerprint density at radius 1 is 1.00 bits per heavy atom. The topological polar surface area (TPSA) is 84.9 Å². The number of nitrogens with one attached hydrogen (secondary N) is 1. The Morgan fingerprint density at radius 2 is 1.67 bits per heavy atom. The van der Waals surface area contributed by atoms with E-state index in [1.165, 1.54) is 0 Å². The minimum atomic E-state index is -1.20. The third-order valence-corrected chi connectivity index (χ3v) is 3.91.